The van der Waals surface area contributed by atoms with E-state index in [-0.39, 0.29) is 17.9 Å². The largest absolute Gasteiger partial charge is 0.466 e. The van der Waals surface area contributed by atoms with E-state index in [0.717, 1.165) is 56.6 Å². The lowest BCUT2D eigenvalue weighted by atomic mass is 10.1. The van der Waals surface area contributed by atoms with Crippen molar-refractivity contribution in [2.24, 2.45) is 0 Å². The van der Waals surface area contributed by atoms with Crippen molar-refractivity contribution in [3.8, 4) is 0 Å². The monoisotopic (exact) mass is 385 g/mol. The van der Waals surface area contributed by atoms with E-state index in [0.29, 0.717) is 19.4 Å². The molecule has 1 aliphatic heterocycles. The quantitative estimate of drug-likeness (QED) is 0.281. The molecule has 0 bridgehead atoms. The zero-order chi connectivity index (χ0) is 19.2. The topological polar surface area (TPSA) is 66.8 Å². The van der Waals surface area contributed by atoms with Gasteiger partial charge in [0.1, 0.15) is 0 Å². The Morgan fingerprint density at radius 1 is 1.35 bits per heavy atom. The highest BCUT2D eigenvalue weighted by Crippen LogP contribution is 2.21. The molecule has 0 unspecified atom stereocenters. The number of thioether (sulfide) groups is 1. The molecular formula is C20H35NO4S. The standard InChI is InChI=1S/C20H35NO4S/c1-3-5-6-8-18(22)12-10-17-11-13-19(23)21(17)14-16-26-15-7-9-20(24)25-4-2/h10,12,17-18,22H,3-9,11,13-16H2,1-2H3/b12-10+/t17-,18+/m0/s1. The first-order chi connectivity index (χ1) is 12.6. The van der Waals surface area contributed by atoms with Gasteiger partial charge in [0, 0.05) is 25.1 Å². The number of carbonyl (C=O) groups is 2. The maximum Gasteiger partial charge on any atom is 0.305 e. The zero-order valence-electron chi connectivity index (χ0n) is 16.3. The SMILES string of the molecule is CCCCC[C@@H](O)/C=C/[C@H]1CCC(=O)N1CCSCCCC(=O)OCC. The first-order valence-corrected chi connectivity index (χ1v) is 11.1. The molecule has 1 rings (SSSR count). The Balaban J connectivity index is 2.24. The van der Waals surface area contributed by atoms with Crippen molar-refractivity contribution in [1.82, 2.24) is 4.90 Å². The van der Waals surface area contributed by atoms with E-state index >= 15 is 0 Å². The fraction of sp³-hybridized carbons (Fsp3) is 0.800. The number of esters is 1. The van der Waals surface area contributed by atoms with Gasteiger partial charge < -0.3 is 14.7 Å². The second kappa shape index (κ2) is 14.1. The van der Waals surface area contributed by atoms with Crippen LogP contribution in [0.5, 0.6) is 0 Å². The van der Waals surface area contributed by atoms with Crippen LogP contribution in [0.4, 0.5) is 0 Å². The maximum absolute atomic E-state index is 12.1. The molecule has 150 valence electrons. The summed E-state index contributed by atoms with van der Waals surface area (Å²) in [5.41, 5.74) is 0. The lowest BCUT2D eigenvalue weighted by Gasteiger charge is -2.22. The van der Waals surface area contributed by atoms with Gasteiger partial charge in [0.15, 0.2) is 0 Å². The third-order valence-corrected chi connectivity index (χ3v) is 5.53. The highest BCUT2D eigenvalue weighted by Gasteiger charge is 2.28. The number of ether oxygens (including phenoxy) is 1. The van der Waals surface area contributed by atoms with E-state index in [1.54, 1.807) is 11.8 Å². The molecule has 1 saturated heterocycles. The van der Waals surface area contributed by atoms with Gasteiger partial charge in [-0.2, -0.15) is 11.8 Å². The highest BCUT2D eigenvalue weighted by molar-refractivity contribution is 7.99. The molecular weight excluding hydrogens is 350 g/mol. The molecule has 0 aromatic carbocycles. The molecule has 5 nitrogen and oxygen atoms in total. The number of amides is 1. The molecule has 1 N–H and O–H groups in total. The Hall–Kier alpha value is -1.01. The first-order valence-electron chi connectivity index (χ1n) is 9.97. The molecule has 26 heavy (non-hydrogen) atoms. The van der Waals surface area contributed by atoms with E-state index < -0.39 is 6.10 Å². The Morgan fingerprint density at radius 3 is 2.88 bits per heavy atom. The van der Waals surface area contributed by atoms with Crippen molar-refractivity contribution < 1.29 is 19.4 Å². The summed E-state index contributed by atoms with van der Waals surface area (Å²) in [5, 5.41) is 10.0. The minimum absolute atomic E-state index is 0.114. The minimum Gasteiger partial charge on any atom is -0.466 e. The van der Waals surface area contributed by atoms with Crippen LogP contribution in [0, 0.1) is 0 Å². The second-order valence-electron chi connectivity index (χ2n) is 6.66. The van der Waals surface area contributed by atoms with Crippen LogP contribution in [0.1, 0.15) is 65.2 Å². The van der Waals surface area contributed by atoms with Gasteiger partial charge in [-0.05, 0) is 31.9 Å². The molecule has 2 atom stereocenters. The number of aliphatic hydroxyl groups excluding tert-OH is 1. The number of unbranched alkanes of at least 4 members (excludes halogenated alkanes) is 2. The number of rotatable bonds is 14. The summed E-state index contributed by atoms with van der Waals surface area (Å²) in [6.45, 7) is 5.13. The lowest BCUT2D eigenvalue weighted by Crippen LogP contribution is -2.34. The van der Waals surface area contributed by atoms with E-state index in [9.17, 15) is 14.7 Å². The molecule has 1 heterocycles. The highest BCUT2D eigenvalue weighted by atomic mass is 32.2. The second-order valence-corrected chi connectivity index (χ2v) is 7.89. The van der Waals surface area contributed by atoms with Crippen LogP contribution in [0.25, 0.3) is 0 Å². The van der Waals surface area contributed by atoms with Gasteiger partial charge in [0.05, 0.1) is 18.8 Å². The molecule has 0 aliphatic carbocycles. The van der Waals surface area contributed by atoms with Gasteiger partial charge in [-0.25, -0.2) is 0 Å². The van der Waals surface area contributed by atoms with Crippen molar-refractivity contribution >= 4 is 23.6 Å². The van der Waals surface area contributed by atoms with Crippen LogP contribution in [-0.2, 0) is 14.3 Å². The van der Waals surface area contributed by atoms with E-state index in [2.05, 4.69) is 6.92 Å². The van der Waals surface area contributed by atoms with E-state index in [1.807, 2.05) is 24.0 Å². The van der Waals surface area contributed by atoms with Crippen LogP contribution in [0.3, 0.4) is 0 Å². The first kappa shape index (κ1) is 23.0. The fourth-order valence-corrected chi connectivity index (χ4v) is 3.90. The van der Waals surface area contributed by atoms with Gasteiger partial charge in [-0.15, -0.1) is 0 Å². The average Bonchev–Trinajstić information content (AvgIpc) is 2.96. The van der Waals surface area contributed by atoms with Crippen LogP contribution in [-0.4, -0.2) is 58.7 Å². The summed E-state index contributed by atoms with van der Waals surface area (Å²) in [5.74, 6) is 1.84. The lowest BCUT2D eigenvalue weighted by molar-refractivity contribution is -0.143. The molecule has 0 spiro atoms. The molecule has 1 aliphatic rings. The van der Waals surface area contributed by atoms with Gasteiger partial charge in [0.2, 0.25) is 5.91 Å². The summed E-state index contributed by atoms with van der Waals surface area (Å²) >= 11 is 1.77. The molecule has 0 aromatic rings. The summed E-state index contributed by atoms with van der Waals surface area (Å²) < 4.78 is 4.91. The summed E-state index contributed by atoms with van der Waals surface area (Å²) in [4.78, 5) is 25.3. The van der Waals surface area contributed by atoms with Crippen molar-refractivity contribution in [3.63, 3.8) is 0 Å². The number of hydrogen-bond acceptors (Lipinski definition) is 5. The smallest absolute Gasteiger partial charge is 0.305 e. The Labute approximate surface area is 162 Å². The molecule has 6 heteroatoms. The predicted octanol–water partition coefficient (Wildman–Crippen LogP) is 3.55. The van der Waals surface area contributed by atoms with Gasteiger partial charge in [-0.1, -0.05) is 38.3 Å². The third-order valence-electron chi connectivity index (χ3n) is 4.48. The van der Waals surface area contributed by atoms with Crippen LogP contribution >= 0.6 is 11.8 Å². The van der Waals surface area contributed by atoms with Crippen molar-refractivity contribution in [3.05, 3.63) is 12.2 Å². The fourth-order valence-electron chi connectivity index (χ4n) is 3.02. The number of nitrogens with zero attached hydrogens (tertiary/aromatic N) is 1. The number of hydrogen-bond donors (Lipinski definition) is 1. The Kier molecular flexibility index (Phi) is 12.5. The van der Waals surface area contributed by atoms with Crippen molar-refractivity contribution in [2.75, 3.05) is 24.7 Å². The summed E-state index contributed by atoms with van der Waals surface area (Å²) in [6.07, 6.45) is 10.3. The van der Waals surface area contributed by atoms with Gasteiger partial charge in [0.25, 0.3) is 0 Å². The van der Waals surface area contributed by atoms with Crippen LogP contribution in [0.15, 0.2) is 12.2 Å². The van der Waals surface area contributed by atoms with Crippen LogP contribution < -0.4 is 0 Å². The molecule has 0 aromatic heterocycles. The normalized spacial score (nSPS) is 18.7. The van der Waals surface area contributed by atoms with Gasteiger partial charge in [-0.3, -0.25) is 9.59 Å². The average molecular weight is 386 g/mol. The summed E-state index contributed by atoms with van der Waals surface area (Å²) in [7, 11) is 0. The Bertz CT molecular complexity index is 442. The predicted molar refractivity (Wildman–Crippen MR) is 107 cm³/mol. The third kappa shape index (κ3) is 9.62. The summed E-state index contributed by atoms with van der Waals surface area (Å²) in [6, 6.07) is 0.114. The van der Waals surface area contributed by atoms with Crippen LogP contribution in [0.2, 0.25) is 0 Å². The van der Waals surface area contributed by atoms with Crippen molar-refractivity contribution in [2.45, 2.75) is 77.4 Å². The number of carbonyl (C=O) groups excluding carboxylic acids is 2. The Morgan fingerprint density at radius 2 is 2.15 bits per heavy atom. The van der Waals surface area contributed by atoms with Crippen molar-refractivity contribution in [1.29, 1.82) is 0 Å². The van der Waals surface area contributed by atoms with Gasteiger partial charge >= 0.3 is 5.97 Å². The molecule has 0 saturated carbocycles. The molecule has 1 fully saturated rings. The van der Waals surface area contributed by atoms with E-state index in [1.165, 1.54) is 0 Å². The molecule has 1 amide bonds. The zero-order valence-corrected chi connectivity index (χ0v) is 17.1. The number of aliphatic hydroxyl groups is 1. The van der Waals surface area contributed by atoms with E-state index in [4.69, 9.17) is 4.74 Å². The maximum atomic E-state index is 12.1. The molecule has 0 radical (unpaired) electrons. The number of likely N-dealkylation sites (tertiary alicyclic amines) is 1. The minimum atomic E-state index is -0.406.